The maximum absolute atomic E-state index is 13.6. The Kier molecular flexibility index (Phi) is 7.24. The summed E-state index contributed by atoms with van der Waals surface area (Å²) >= 11 is 0. The second-order valence-corrected chi connectivity index (χ2v) is 11.4. The fourth-order valence-electron chi connectivity index (χ4n) is 5.30. The summed E-state index contributed by atoms with van der Waals surface area (Å²) in [6.07, 6.45) is 1.21. The molecule has 0 saturated carbocycles. The average molecular weight is 564 g/mol. The van der Waals surface area contributed by atoms with Gasteiger partial charge in [0.15, 0.2) is 0 Å². The van der Waals surface area contributed by atoms with Crippen LogP contribution in [0.15, 0.2) is 85.2 Å². The number of nitrogens with zero attached hydrogens (tertiary/aromatic N) is 5. The van der Waals surface area contributed by atoms with E-state index in [1.165, 1.54) is 6.33 Å². The van der Waals surface area contributed by atoms with Gasteiger partial charge in [-0.05, 0) is 50.1 Å². The lowest BCUT2D eigenvalue weighted by molar-refractivity contribution is -0.116. The van der Waals surface area contributed by atoms with Crippen LogP contribution in [0.4, 0.5) is 27.8 Å². The molecule has 9 heteroatoms. The van der Waals surface area contributed by atoms with Gasteiger partial charge in [0.1, 0.15) is 35.9 Å². The Hall–Kier alpha value is -4.92. The van der Waals surface area contributed by atoms with Gasteiger partial charge in [-0.3, -0.25) is 14.6 Å². The highest BCUT2D eigenvalue weighted by Gasteiger charge is 2.36. The highest BCUT2D eigenvalue weighted by molar-refractivity contribution is 6.08. The molecule has 0 radical (unpaired) electrons. The minimum absolute atomic E-state index is 0.119. The highest BCUT2D eigenvalue weighted by Crippen LogP contribution is 2.42. The molecule has 6 rings (SSSR count). The van der Waals surface area contributed by atoms with E-state index in [0.717, 1.165) is 22.5 Å². The van der Waals surface area contributed by atoms with Gasteiger partial charge in [-0.15, -0.1) is 0 Å². The van der Waals surface area contributed by atoms with E-state index in [2.05, 4.69) is 34.1 Å². The zero-order valence-electron chi connectivity index (χ0n) is 24.0. The smallest absolute Gasteiger partial charge is 0.415 e. The average Bonchev–Trinajstić information content (AvgIpc) is 3.32. The third-order valence-corrected chi connectivity index (χ3v) is 7.10. The van der Waals surface area contributed by atoms with Crippen molar-refractivity contribution < 1.29 is 19.1 Å². The summed E-state index contributed by atoms with van der Waals surface area (Å²) in [5.74, 6) is 1.70. The predicted molar refractivity (Wildman–Crippen MR) is 161 cm³/mol. The molecule has 9 nitrogen and oxygen atoms in total. The summed E-state index contributed by atoms with van der Waals surface area (Å²) in [5.41, 5.74) is 3.55. The highest BCUT2D eigenvalue weighted by atomic mass is 16.6. The molecule has 0 N–H and O–H groups in total. The Morgan fingerprint density at radius 3 is 2.26 bits per heavy atom. The molecule has 42 heavy (non-hydrogen) atoms. The molecule has 2 aliphatic rings. The summed E-state index contributed by atoms with van der Waals surface area (Å²) < 4.78 is 11.5. The predicted octanol–water partition coefficient (Wildman–Crippen LogP) is 6.04. The number of amides is 2. The maximum Gasteiger partial charge on any atom is 0.415 e. The monoisotopic (exact) mass is 563 g/mol. The van der Waals surface area contributed by atoms with Crippen molar-refractivity contribution in [1.82, 2.24) is 9.97 Å². The van der Waals surface area contributed by atoms with Crippen LogP contribution in [0.3, 0.4) is 0 Å². The Labute approximate surface area is 245 Å². The quantitative estimate of drug-likeness (QED) is 0.283. The van der Waals surface area contributed by atoms with Gasteiger partial charge in [-0.25, -0.2) is 14.8 Å². The number of benzene rings is 3. The molecular weight excluding hydrogens is 530 g/mol. The molecule has 2 amide bonds. The van der Waals surface area contributed by atoms with Gasteiger partial charge in [-0.2, -0.15) is 0 Å². The lowest BCUT2D eigenvalue weighted by atomic mass is 10.1. The number of ether oxygens (including phenoxy) is 2. The molecule has 0 aliphatic carbocycles. The number of hydrogen-bond acceptors (Lipinski definition) is 7. The summed E-state index contributed by atoms with van der Waals surface area (Å²) in [6.45, 7) is 7.43. The van der Waals surface area contributed by atoms with Gasteiger partial charge in [0.25, 0.3) is 0 Å². The van der Waals surface area contributed by atoms with E-state index in [9.17, 15) is 9.59 Å². The molecule has 3 aromatic carbocycles. The Morgan fingerprint density at radius 1 is 0.952 bits per heavy atom. The first-order valence-electron chi connectivity index (χ1n) is 14.0. The van der Waals surface area contributed by atoms with Gasteiger partial charge in [0, 0.05) is 18.7 Å². The fourth-order valence-corrected chi connectivity index (χ4v) is 5.30. The largest absolute Gasteiger partial charge is 0.490 e. The topological polar surface area (TPSA) is 88.1 Å². The minimum atomic E-state index is -0.643. The molecule has 0 fully saturated rings. The zero-order valence-corrected chi connectivity index (χ0v) is 24.0. The van der Waals surface area contributed by atoms with Gasteiger partial charge in [-0.1, -0.05) is 60.7 Å². The Morgan fingerprint density at radius 2 is 1.62 bits per heavy atom. The third kappa shape index (κ3) is 5.63. The number of carbonyl (C=O) groups excluding carboxylic acids is 2. The van der Waals surface area contributed by atoms with E-state index < -0.39 is 11.7 Å². The first kappa shape index (κ1) is 27.3. The van der Waals surface area contributed by atoms with E-state index in [1.54, 1.807) is 21.9 Å². The van der Waals surface area contributed by atoms with E-state index >= 15 is 0 Å². The van der Waals surface area contributed by atoms with Gasteiger partial charge in [0.2, 0.25) is 5.91 Å². The Balaban J connectivity index is 1.36. The van der Waals surface area contributed by atoms with Crippen molar-refractivity contribution in [3.05, 3.63) is 102 Å². The molecule has 0 bridgehead atoms. The van der Waals surface area contributed by atoms with E-state index in [0.29, 0.717) is 49.2 Å². The number of carbonyl (C=O) groups is 2. The fraction of sp³-hybridized carbons (Fsp3) is 0.273. The first-order valence-corrected chi connectivity index (χ1v) is 14.0. The molecule has 3 heterocycles. The molecule has 0 spiro atoms. The number of fused-ring (bicyclic) bond motifs is 2. The summed E-state index contributed by atoms with van der Waals surface area (Å²) in [4.78, 5) is 41.2. The molecule has 0 saturated heterocycles. The van der Waals surface area contributed by atoms with Crippen LogP contribution in [-0.2, 0) is 29.0 Å². The number of anilines is 4. The van der Waals surface area contributed by atoms with Crippen molar-refractivity contribution >= 4 is 35.0 Å². The lowest BCUT2D eigenvalue weighted by Gasteiger charge is -2.32. The van der Waals surface area contributed by atoms with Crippen LogP contribution in [-0.4, -0.2) is 40.7 Å². The minimum Gasteiger partial charge on any atom is -0.490 e. The molecule has 0 atom stereocenters. The van der Waals surface area contributed by atoms with Crippen LogP contribution in [0.5, 0.6) is 5.75 Å². The van der Waals surface area contributed by atoms with Crippen LogP contribution in [0.2, 0.25) is 0 Å². The third-order valence-electron chi connectivity index (χ3n) is 7.10. The normalized spacial score (nSPS) is 14.2. The zero-order chi connectivity index (χ0) is 29.3. The summed E-state index contributed by atoms with van der Waals surface area (Å²) in [7, 11) is 0. The van der Waals surface area contributed by atoms with Crippen LogP contribution in [0.25, 0.3) is 0 Å². The van der Waals surface area contributed by atoms with Crippen molar-refractivity contribution in [2.75, 3.05) is 27.9 Å². The second kappa shape index (κ2) is 11.2. The van der Waals surface area contributed by atoms with Crippen LogP contribution in [0, 0.1) is 0 Å². The van der Waals surface area contributed by atoms with Gasteiger partial charge < -0.3 is 14.4 Å². The molecule has 4 aromatic rings. The molecule has 2 aliphatic heterocycles. The molecule has 0 unspecified atom stereocenters. The molecule has 1 aromatic heterocycles. The van der Waals surface area contributed by atoms with Crippen molar-refractivity contribution in [2.24, 2.45) is 0 Å². The summed E-state index contributed by atoms with van der Waals surface area (Å²) in [6, 6.07) is 25.8. The standard InChI is InChI=1S/C33H33N5O4/c1-33(2,3)42-32(40)37-16-17-41-28-15-14-25(18-27(28)37)38-29(39)19-26-30(34-22-35-31(26)38)36(20-23-10-6-4-7-11-23)21-24-12-8-5-9-13-24/h4-15,18,22H,16-17,19-21H2,1-3H3. The van der Waals surface area contributed by atoms with Gasteiger partial charge >= 0.3 is 6.09 Å². The van der Waals surface area contributed by atoms with Crippen molar-refractivity contribution in [3.8, 4) is 5.75 Å². The number of hydrogen-bond donors (Lipinski definition) is 0. The van der Waals surface area contributed by atoms with Crippen LogP contribution >= 0.6 is 0 Å². The van der Waals surface area contributed by atoms with Crippen molar-refractivity contribution in [2.45, 2.75) is 45.9 Å². The SMILES string of the molecule is CC(C)(C)OC(=O)N1CCOc2ccc(N3C(=O)Cc4c(N(Cc5ccccc5)Cc5ccccc5)ncnc43)cc21. The van der Waals surface area contributed by atoms with E-state index in [4.69, 9.17) is 14.5 Å². The lowest BCUT2D eigenvalue weighted by Crippen LogP contribution is -2.41. The van der Waals surface area contributed by atoms with E-state index in [-0.39, 0.29) is 12.3 Å². The van der Waals surface area contributed by atoms with Crippen LogP contribution in [0.1, 0.15) is 37.5 Å². The first-order chi connectivity index (χ1) is 20.3. The summed E-state index contributed by atoms with van der Waals surface area (Å²) in [5, 5.41) is 0. The number of rotatable bonds is 6. The molecule has 214 valence electrons. The number of aromatic nitrogens is 2. The van der Waals surface area contributed by atoms with Crippen LogP contribution < -0.4 is 19.4 Å². The van der Waals surface area contributed by atoms with E-state index in [1.807, 2.05) is 63.2 Å². The second-order valence-electron chi connectivity index (χ2n) is 11.4. The Bertz CT molecular complexity index is 1560. The molecular formula is C33H33N5O4. The van der Waals surface area contributed by atoms with Crippen molar-refractivity contribution in [1.29, 1.82) is 0 Å². The van der Waals surface area contributed by atoms with Crippen molar-refractivity contribution in [3.63, 3.8) is 0 Å². The van der Waals surface area contributed by atoms with Gasteiger partial charge in [0.05, 0.1) is 24.3 Å². The maximum atomic E-state index is 13.6.